The number of rotatable bonds is 4. The summed E-state index contributed by atoms with van der Waals surface area (Å²) in [6.45, 7) is 0. The van der Waals surface area contributed by atoms with E-state index in [9.17, 15) is 5.11 Å². The first-order valence-corrected chi connectivity index (χ1v) is 6.50. The Hall–Kier alpha value is -1.27. The van der Waals surface area contributed by atoms with Gasteiger partial charge in [0.25, 0.3) is 0 Å². The van der Waals surface area contributed by atoms with E-state index in [-0.39, 0.29) is 0 Å². The second-order valence-electron chi connectivity index (χ2n) is 3.01. The van der Waals surface area contributed by atoms with Crippen LogP contribution in [0.5, 0.6) is 5.75 Å². The Kier molecular flexibility index (Phi) is 3.63. The molecule has 6 heteroatoms. The van der Waals surface area contributed by atoms with Crippen molar-refractivity contribution >= 4 is 28.2 Å². The first kappa shape index (κ1) is 11.2. The van der Waals surface area contributed by atoms with Crippen LogP contribution in [-0.2, 0) is 5.75 Å². The first-order valence-electron chi connectivity index (χ1n) is 4.70. The van der Waals surface area contributed by atoms with Gasteiger partial charge in [0.2, 0.25) is 5.13 Å². The van der Waals surface area contributed by atoms with Gasteiger partial charge in [-0.15, -0.1) is 22.0 Å². The third-order valence-corrected chi connectivity index (χ3v) is 4.09. The lowest BCUT2D eigenvalue weighted by Gasteiger charge is -2.00. The molecule has 0 radical (unpaired) electrons. The monoisotopic (exact) mass is 253 g/mol. The summed E-state index contributed by atoms with van der Waals surface area (Å²) in [5, 5.41) is 22.3. The molecule has 4 nitrogen and oxygen atoms in total. The van der Waals surface area contributed by atoms with E-state index >= 15 is 0 Å². The molecule has 2 aromatic rings. The van der Waals surface area contributed by atoms with Crippen molar-refractivity contribution in [1.29, 1.82) is 0 Å². The highest BCUT2D eigenvalue weighted by molar-refractivity contribution is 7.98. The number of anilines is 1. The zero-order valence-electron chi connectivity index (χ0n) is 8.67. The number of phenols is 1. The molecule has 0 spiro atoms. The van der Waals surface area contributed by atoms with Crippen molar-refractivity contribution in [2.24, 2.45) is 0 Å². The minimum absolute atomic E-state index is 0.311. The van der Waals surface area contributed by atoms with Crippen LogP contribution in [-0.4, -0.2) is 22.4 Å². The molecule has 0 saturated carbocycles. The Balaban J connectivity index is 1.99. The van der Waals surface area contributed by atoms with Crippen LogP contribution in [0.4, 0.5) is 5.13 Å². The van der Waals surface area contributed by atoms with Crippen molar-refractivity contribution in [2.75, 3.05) is 12.4 Å². The van der Waals surface area contributed by atoms with Crippen molar-refractivity contribution in [3.8, 4) is 5.75 Å². The highest BCUT2D eigenvalue weighted by Crippen LogP contribution is 2.31. The van der Waals surface area contributed by atoms with Crippen LogP contribution in [0.3, 0.4) is 0 Å². The van der Waals surface area contributed by atoms with E-state index in [0.717, 1.165) is 20.8 Å². The fourth-order valence-electron chi connectivity index (χ4n) is 1.13. The fourth-order valence-corrected chi connectivity index (χ4v) is 2.76. The van der Waals surface area contributed by atoms with E-state index in [1.807, 2.05) is 25.2 Å². The standard InChI is InChI=1S/C10H11N3OS2/c1-11-10-13-12-9(16-10)6-15-8-5-3-2-4-7(8)14/h2-5,14H,6H2,1H3,(H,11,13). The molecule has 1 heterocycles. The molecule has 0 bridgehead atoms. The lowest BCUT2D eigenvalue weighted by Crippen LogP contribution is -1.84. The zero-order chi connectivity index (χ0) is 11.4. The molecule has 0 atom stereocenters. The maximum atomic E-state index is 9.57. The predicted octanol–water partition coefficient (Wildman–Crippen LogP) is 2.58. The third-order valence-electron chi connectivity index (χ3n) is 1.90. The van der Waals surface area contributed by atoms with Gasteiger partial charge in [-0.3, -0.25) is 0 Å². The number of para-hydroxylation sites is 1. The van der Waals surface area contributed by atoms with Gasteiger partial charge in [0.1, 0.15) is 10.8 Å². The lowest BCUT2D eigenvalue weighted by atomic mass is 10.3. The number of nitrogens with one attached hydrogen (secondary N) is 1. The summed E-state index contributed by atoms with van der Waals surface area (Å²) in [5.41, 5.74) is 0. The molecule has 84 valence electrons. The van der Waals surface area contributed by atoms with Gasteiger partial charge in [-0.1, -0.05) is 23.5 Å². The number of thioether (sulfide) groups is 1. The van der Waals surface area contributed by atoms with Crippen LogP contribution in [0.1, 0.15) is 5.01 Å². The van der Waals surface area contributed by atoms with Gasteiger partial charge in [0, 0.05) is 11.9 Å². The Morgan fingerprint density at radius 3 is 2.88 bits per heavy atom. The zero-order valence-corrected chi connectivity index (χ0v) is 10.3. The highest BCUT2D eigenvalue weighted by atomic mass is 32.2. The molecular formula is C10H11N3OS2. The number of nitrogens with zero attached hydrogens (tertiary/aromatic N) is 2. The van der Waals surface area contributed by atoms with Crippen LogP contribution in [0, 0.1) is 0 Å². The topological polar surface area (TPSA) is 58.0 Å². The van der Waals surface area contributed by atoms with Gasteiger partial charge in [-0.25, -0.2) is 0 Å². The van der Waals surface area contributed by atoms with Crippen LogP contribution in [0.2, 0.25) is 0 Å². The second kappa shape index (κ2) is 5.18. The fraction of sp³-hybridized carbons (Fsp3) is 0.200. The number of aromatic hydroxyl groups is 1. The number of phenolic OH excluding ortho intramolecular Hbond substituents is 1. The Morgan fingerprint density at radius 2 is 2.19 bits per heavy atom. The van der Waals surface area contributed by atoms with Crippen LogP contribution in [0.15, 0.2) is 29.2 Å². The molecule has 2 rings (SSSR count). The summed E-state index contributed by atoms with van der Waals surface area (Å²) in [7, 11) is 1.82. The van der Waals surface area contributed by atoms with Gasteiger partial charge >= 0.3 is 0 Å². The summed E-state index contributed by atoms with van der Waals surface area (Å²) in [5.74, 6) is 1.03. The summed E-state index contributed by atoms with van der Waals surface area (Å²) >= 11 is 3.08. The molecule has 0 unspecified atom stereocenters. The van der Waals surface area contributed by atoms with E-state index in [1.54, 1.807) is 17.8 Å². The lowest BCUT2D eigenvalue weighted by molar-refractivity contribution is 0.462. The SMILES string of the molecule is CNc1nnc(CSc2ccccc2O)s1. The average Bonchev–Trinajstić information content (AvgIpc) is 2.76. The minimum Gasteiger partial charge on any atom is -0.507 e. The number of aromatic nitrogens is 2. The Morgan fingerprint density at radius 1 is 1.38 bits per heavy atom. The van der Waals surface area contributed by atoms with Crippen molar-refractivity contribution in [3.05, 3.63) is 29.3 Å². The molecule has 2 N–H and O–H groups in total. The van der Waals surface area contributed by atoms with Crippen LogP contribution in [0.25, 0.3) is 0 Å². The van der Waals surface area contributed by atoms with Gasteiger partial charge in [-0.2, -0.15) is 0 Å². The van der Waals surface area contributed by atoms with Crippen molar-refractivity contribution in [1.82, 2.24) is 10.2 Å². The van der Waals surface area contributed by atoms with E-state index in [0.29, 0.717) is 5.75 Å². The number of benzene rings is 1. The molecule has 1 aromatic heterocycles. The molecule has 16 heavy (non-hydrogen) atoms. The summed E-state index contributed by atoms with van der Waals surface area (Å²) in [4.78, 5) is 0.865. The average molecular weight is 253 g/mol. The van der Waals surface area contributed by atoms with E-state index in [2.05, 4.69) is 15.5 Å². The molecule has 0 aliphatic heterocycles. The van der Waals surface area contributed by atoms with Gasteiger partial charge in [-0.05, 0) is 12.1 Å². The van der Waals surface area contributed by atoms with E-state index in [4.69, 9.17) is 0 Å². The Bertz CT molecular complexity index is 473. The molecule has 1 aromatic carbocycles. The van der Waals surface area contributed by atoms with Crippen LogP contribution >= 0.6 is 23.1 Å². The van der Waals surface area contributed by atoms with E-state index in [1.165, 1.54) is 11.3 Å². The maximum Gasteiger partial charge on any atom is 0.205 e. The summed E-state index contributed by atoms with van der Waals surface area (Å²) in [6, 6.07) is 7.28. The molecular weight excluding hydrogens is 242 g/mol. The van der Waals surface area contributed by atoms with Crippen LogP contribution < -0.4 is 5.32 Å². The second-order valence-corrected chi connectivity index (χ2v) is 5.09. The van der Waals surface area contributed by atoms with E-state index < -0.39 is 0 Å². The smallest absolute Gasteiger partial charge is 0.205 e. The third kappa shape index (κ3) is 2.65. The molecule has 0 amide bonds. The quantitative estimate of drug-likeness (QED) is 0.820. The Labute approximate surface area is 102 Å². The minimum atomic E-state index is 0.311. The number of hydrogen-bond acceptors (Lipinski definition) is 6. The van der Waals surface area contributed by atoms with Crippen molar-refractivity contribution in [3.63, 3.8) is 0 Å². The maximum absolute atomic E-state index is 9.57. The van der Waals surface area contributed by atoms with Gasteiger partial charge in [0.15, 0.2) is 0 Å². The number of hydrogen-bond donors (Lipinski definition) is 2. The first-order chi connectivity index (χ1) is 7.79. The van der Waals surface area contributed by atoms with Gasteiger partial charge < -0.3 is 10.4 Å². The largest absolute Gasteiger partial charge is 0.507 e. The predicted molar refractivity (Wildman–Crippen MR) is 67.1 cm³/mol. The van der Waals surface area contributed by atoms with Crippen molar-refractivity contribution in [2.45, 2.75) is 10.6 Å². The molecule has 0 aliphatic rings. The highest BCUT2D eigenvalue weighted by Gasteiger charge is 2.05. The van der Waals surface area contributed by atoms with Crippen molar-refractivity contribution < 1.29 is 5.11 Å². The summed E-state index contributed by atoms with van der Waals surface area (Å²) in [6.07, 6.45) is 0. The van der Waals surface area contributed by atoms with Gasteiger partial charge in [0.05, 0.1) is 5.75 Å². The molecule has 0 aliphatic carbocycles. The normalized spacial score (nSPS) is 10.3. The molecule has 0 fully saturated rings. The summed E-state index contributed by atoms with van der Waals surface area (Å²) < 4.78 is 0. The molecule has 0 saturated heterocycles.